The zero-order valence-corrected chi connectivity index (χ0v) is 60.3. The molecule has 0 aliphatic carbocycles. The second kappa shape index (κ2) is 76.4. The van der Waals surface area contributed by atoms with Crippen molar-refractivity contribution >= 4 is 0 Å². The maximum absolute atomic E-state index is 5.27. The largest absolute Gasteiger partial charge is 0.331 e. The molecule has 0 heterocycles. The van der Waals surface area contributed by atoms with Crippen LogP contribution in [0.2, 0.25) is 0 Å². The average Bonchev–Trinajstić information content (AvgIpc) is 3.28. The lowest BCUT2D eigenvalue weighted by Crippen LogP contribution is -2.36. The summed E-state index contributed by atoms with van der Waals surface area (Å²) in [4.78, 5) is 11.0. The normalized spacial score (nSPS) is 11.2. The van der Waals surface area contributed by atoms with Gasteiger partial charge in [-0.15, -0.1) is 0 Å². The molecule has 0 unspecified atom stereocenters. The molecule has 0 atom stereocenters. The van der Waals surface area contributed by atoms with Crippen LogP contribution in [-0.4, -0.2) is 269 Å². The Morgan fingerprint density at radius 2 is 0.662 bits per heavy atom. The minimum Gasteiger partial charge on any atom is -0.331 e. The second-order valence-electron chi connectivity index (χ2n) is 26.6. The number of hydrogen-bond acceptors (Lipinski definition) is 14. The number of nitrogens with one attached hydrogen (secondary N) is 8. The van der Waals surface area contributed by atoms with Gasteiger partial charge in [0, 0.05) is 69.4 Å². The first-order valence-corrected chi connectivity index (χ1v) is 32.1. The molecule has 0 rings (SSSR count). The average molecular weight is 1160 g/mol. The Balaban J connectivity index is -0.000000103. The van der Waals surface area contributed by atoms with Crippen molar-refractivity contribution < 1.29 is 4.48 Å². The Bertz CT molecular complexity index is 885. The first-order chi connectivity index (χ1) is 36.6. The van der Waals surface area contributed by atoms with E-state index in [-0.39, 0.29) is 7.43 Å². The number of likely N-dealkylation sites (N-methyl/N-ethyl adjacent to an activating group) is 3. The van der Waals surface area contributed by atoms with Gasteiger partial charge in [-0.2, -0.15) is 0 Å². The molecule has 0 aromatic heterocycles. The molecule has 0 saturated heterocycles. The van der Waals surface area contributed by atoms with Crippen LogP contribution in [0.3, 0.4) is 0 Å². The second-order valence-corrected chi connectivity index (χ2v) is 26.6. The van der Waals surface area contributed by atoms with Crippen molar-refractivity contribution in [3.05, 3.63) is 0 Å². The van der Waals surface area contributed by atoms with E-state index in [1.165, 1.54) is 84.2 Å². The first kappa shape index (κ1) is 98.5. The van der Waals surface area contributed by atoms with Gasteiger partial charge in [0.2, 0.25) is 0 Å². The summed E-state index contributed by atoms with van der Waals surface area (Å²) in [5.74, 6) is 2.36. The Morgan fingerprint density at radius 3 is 0.963 bits per heavy atom. The van der Waals surface area contributed by atoms with Crippen molar-refractivity contribution in [2.75, 3.05) is 209 Å². The van der Waals surface area contributed by atoms with Gasteiger partial charge >= 0.3 is 0 Å². The zero-order chi connectivity index (χ0) is 63.0. The molecule has 0 aromatic carbocycles. The highest BCUT2D eigenvalue weighted by Gasteiger charge is 2.05. The van der Waals surface area contributed by atoms with E-state index in [9.17, 15) is 0 Å². The molecule has 0 saturated carbocycles. The number of quaternary nitrogens is 1. The summed E-state index contributed by atoms with van der Waals surface area (Å²) in [6.45, 7) is 57.6. The lowest BCUT2D eigenvalue weighted by atomic mass is 10.1. The van der Waals surface area contributed by atoms with Crippen LogP contribution >= 0.6 is 0 Å². The van der Waals surface area contributed by atoms with Crippen LogP contribution < -0.4 is 48.3 Å². The molecule has 0 aliphatic rings. The summed E-state index contributed by atoms with van der Waals surface area (Å²) in [5, 5.41) is 26.9. The number of unbranched alkanes of at least 4 members (excludes halogenated alkanes) is 2. The molecule has 0 amide bonds. The maximum Gasteiger partial charge on any atom is 0.0792 e. The summed E-state index contributed by atoms with van der Waals surface area (Å²) in [6, 6.07) is 3.12. The van der Waals surface area contributed by atoms with E-state index in [1.807, 2.05) is 0 Å². The van der Waals surface area contributed by atoms with Crippen LogP contribution in [0.25, 0.3) is 0 Å². The summed E-state index contributed by atoms with van der Waals surface area (Å²) in [7, 11) is 27.7. The van der Waals surface area contributed by atoms with E-state index in [4.69, 9.17) is 5.73 Å². The summed E-state index contributed by atoms with van der Waals surface area (Å²) >= 11 is 0. The van der Waals surface area contributed by atoms with Crippen LogP contribution in [-0.2, 0) is 0 Å². The number of rotatable bonds is 40. The van der Waals surface area contributed by atoms with E-state index in [2.05, 4.69) is 276 Å². The number of nitrogens with two attached hydrogens (primary N) is 1. The van der Waals surface area contributed by atoms with Gasteiger partial charge in [-0.05, 0) is 205 Å². The predicted molar refractivity (Wildman–Crippen MR) is 373 cm³/mol. The van der Waals surface area contributed by atoms with Gasteiger partial charge in [0.1, 0.15) is 0 Å². The van der Waals surface area contributed by atoms with Gasteiger partial charge in [-0.3, -0.25) is 0 Å². The Hall–Kier alpha value is -0.600. The molecule has 15 nitrogen and oxygen atoms in total. The number of hydrogen-bond donors (Lipinski definition) is 9. The fourth-order valence-electron chi connectivity index (χ4n) is 6.10. The SMILES string of the molecule is C.CC(C)CCNC(C)C.CC(C)CNCCCNCC(C)C.CC(C)NCCCCCNC(C)C.CC(C)NCCCN.CC(C)NCCN(C)C.CCNCCN(C)C.CN(C)CCCN(C)C.CN(C)CCC[N+](C)(C)C. The van der Waals surface area contributed by atoms with Crippen LogP contribution in [0.15, 0.2) is 0 Å². The van der Waals surface area contributed by atoms with Crippen molar-refractivity contribution in [1.29, 1.82) is 0 Å². The topological polar surface area (TPSA) is 138 Å². The van der Waals surface area contributed by atoms with E-state index >= 15 is 0 Å². The third-order valence-corrected chi connectivity index (χ3v) is 10.7. The molecular formula is C65H164N15+. The molecular weight excluding hydrogens is 991 g/mol. The van der Waals surface area contributed by atoms with Gasteiger partial charge < -0.3 is 77.3 Å². The highest BCUT2D eigenvalue weighted by atomic mass is 15.3. The molecule has 0 radical (unpaired) electrons. The third-order valence-electron chi connectivity index (χ3n) is 10.7. The van der Waals surface area contributed by atoms with Crippen molar-refractivity contribution in [2.45, 2.75) is 207 Å². The van der Waals surface area contributed by atoms with Gasteiger partial charge in [-0.1, -0.05) is 132 Å². The van der Waals surface area contributed by atoms with Crippen LogP contribution in [0, 0.1) is 17.8 Å². The smallest absolute Gasteiger partial charge is 0.0792 e. The highest BCUT2D eigenvalue weighted by Crippen LogP contribution is 1.97. The van der Waals surface area contributed by atoms with E-state index < -0.39 is 0 Å². The number of nitrogens with zero attached hydrogens (tertiary/aromatic N) is 6. The molecule has 0 aliphatic heterocycles. The maximum atomic E-state index is 5.27. The molecule has 80 heavy (non-hydrogen) atoms. The highest BCUT2D eigenvalue weighted by molar-refractivity contribution is 4.59. The van der Waals surface area contributed by atoms with Crippen molar-refractivity contribution in [1.82, 2.24) is 67.0 Å². The quantitative estimate of drug-likeness (QED) is 0.0213. The molecule has 498 valence electrons. The van der Waals surface area contributed by atoms with Crippen LogP contribution in [0.4, 0.5) is 0 Å². The molecule has 10 N–H and O–H groups in total. The monoisotopic (exact) mass is 1160 g/mol. The fraction of sp³-hybridized carbons (Fsp3) is 1.00. The van der Waals surface area contributed by atoms with Gasteiger partial charge in [0.15, 0.2) is 0 Å². The fourth-order valence-corrected chi connectivity index (χ4v) is 6.10. The standard InChI is InChI=1S/2C11H26N2.C8H21N2.C8H19N.2C7H18N2.2C6H16N2.CH4/c1-10(2)8-12-6-5-7-13-9-11(3)4;1-10(2)12-8-6-5-7-9-13-11(3)4;1-9(2)7-6-8-10(3,4)5;1-7(2)5-6-9-8(3)4;1-8(2)6-5-7-9(3)4;1-7(2)8-5-6-9(3)4;1-6(2)8-5-3-4-7;1-4-7-5-6-8(2)3;/h2*10-13H,5-9H2,1-4H3;6-8H2,1-5H3;7-9H,5-6H2,1-4H3;5-7H2,1-4H3;7-8H,5-6H2,1-4H3;6,8H,3-5,7H2,1-2H3;7H,4-6H2,1-3H3;1H4/q;;+1;;;;;;. The van der Waals surface area contributed by atoms with Crippen molar-refractivity contribution in [3.63, 3.8) is 0 Å². The minimum absolute atomic E-state index is 0. The summed E-state index contributed by atoms with van der Waals surface area (Å²) < 4.78 is 1.08. The van der Waals surface area contributed by atoms with Crippen LogP contribution in [0.1, 0.15) is 176 Å². The zero-order valence-electron chi connectivity index (χ0n) is 60.3. The Kier molecular flexibility index (Phi) is 94.1. The summed E-state index contributed by atoms with van der Waals surface area (Å²) in [6.07, 6.45) is 10.1. The molecule has 15 heteroatoms. The van der Waals surface area contributed by atoms with Crippen molar-refractivity contribution in [3.8, 4) is 0 Å². The van der Waals surface area contributed by atoms with Gasteiger partial charge in [0.25, 0.3) is 0 Å². The molecule has 0 aromatic rings. The Labute approximate surface area is 509 Å². The lowest BCUT2D eigenvalue weighted by Gasteiger charge is -2.24. The van der Waals surface area contributed by atoms with E-state index in [1.54, 1.807) is 0 Å². The Morgan fingerprint density at radius 1 is 0.338 bits per heavy atom. The molecule has 0 fully saturated rings. The lowest BCUT2D eigenvalue weighted by molar-refractivity contribution is -0.870. The van der Waals surface area contributed by atoms with E-state index in [0.717, 1.165) is 107 Å². The molecule has 0 bridgehead atoms. The van der Waals surface area contributed by atoms with Gasteiger partial charge in [0.05, 0.1) is 27.7 Å². The van der Waals surface area contributed by atoms with E-state index in [0.29, 0.717) is 30.2 Å². The third kappa shape index (κ3) is 153. The van der Waals surface area contributed by atoms with Gasteiger partial charge in [-0.25, -0.2) is 0 Å². The molecule has 0 spiro atoms. The predicted octanol–water partition coefficient (Wildman–Crippen LogP) is 8.87. The summed E-state index contributed by atoms with van der Waals surface area (Å²) in [5.41, 5.74) is 5.27. The first-order valence-electron chi connectivity index (χ1n) is 32.1. The van der Waals surface area contributed by atoms with Crippen molar-refractivity contribution in [2.24, 2.45) is 23.5 Å². The minimum atomic E-state index is 0. The van der Waals surface area contributed by atoms with Crippen LogP contribution in [0.5, 0.6) is 0 Å².